The van der Waals surface area contributed by atoms with Gasteiger partial charge in [-0.15, -0.1) is 10.2 Å². The van der Waals surface area contributed by atoms with Crippen LogP contribution in [0.25, 0.3) is 28.0 Å². The fourth-order valence-corrected chi connectivity index (χ4v) is 4.60. The number of para-hydroxylation sites is 2. The molecular formula is C26H23N5O2S. The molecule has 0 unspecified atom stereocenters. The van der Waals surface area contributed by atoms with Gasteiger partial charge in [-0.3, -0.25) is 9.36 Å². The van der Waals surface area contributed by atoms with Gasteiger partial charge in [0.15, 0.2) is 11.0 Å². The van der Waals surface area contributed by atoms with E-state index in [1.165, 1.54) is 11.8 Å². The van der Waals surface area contributed by atoms with E-state index < -0.39 is 0 Å². The predicted molar refractivity (Wildman–Crippen MR) is 136 cm³/mol. The minimum atomic E-state index is -0.133. The Hall–Kier alpha value is -4.04. The summed E-state index contributed by atoms with van der Waals surface area (Å²) < 4.78 is 7.25. The zero-order valence-electron chi connectivity index (χ0n) is 18.8. The maximum absolute atomic E-state index is 12.7. The molecule has 5 aromatic rings. The molecule has 5 rings (SSSR count). The highest BCUT2D eigenvalue weighted by Gasteiger charge is 2.20. The zero-order valence-corrected chi connectivity index (χ0v) is 19.6. The Balaban J connectivity index is 1.47. The van der Waals surface area contributed by atoms with E-state index in [4.69, 9.17) is 4.74 Å². The van der Waals surface area contributed by atoms with E-state index in [1.54, 1.807) is 13.2 Å². The summed E-state index contributed by atoms with van der Waals surface area (Å²) in [7, 11) is 1.60. The Morgan fingerprint density at radius 2 is 1.88 bits per heavy atom. The molecule has 0 bridgehead atoms. The van der Waals surface area contributed by atoms with Crippen LogP contribution in [0.2, 0.25) is 0 Å². The Morgan fingerprint density at radius 3 is 2.74 bits per heavy atom. The van der Waals surface area contributed by atoms with Crippen LogP contribution in [0.5, 0.6) is 5.75 Å². The number of nitrogens with zero attached hydrogens (tertiary/aromatic N) is 3. The number of benzene rings is 3. The van der Waals surface area contributed by atoms with Gasteiger partial charge >= 0.3 is 0 Å². The molecule has 0 aliphatic rings. The third-order valence-corrected chi connectivity index (χ3v) is 6.43. The summed E-state index contributed by atoms with van der Waals surface area (Å²) in [5, 5.41) is 13.6. The number of thioether (sulfide) groups is 1. The molecule has 1 amide bonds. The average molecular weight is 470 g/mol. The molecule has 0 spiro atoms. The van der Waals surface area contributed by atoms with Crippen molar-refractivity contribution < 1.29 is 9.53 Å². The number of fused-ring (bicyclic) bond motifs is 1. The van der Waals surface area contributed by atoms with Crippen LogP contribution in [-0.2, 0) is 4.79 Å². The van der Waals surface area contributed by atoms with Crippen molar-refractivity contribution in [3.63, 3.8) is 0 Å². The van der Waals surface area contributed by atoms with E-state index >= 15 is 0 Å². The number of carbonyl (C=O) groups is 1. The number of methoxy groups -OCH3 is 1. The number of amides is 1. The van der Waals surface area contributed by atoms with Crippen LogP contribution < -0.4 is 10.1 Å². The molecule has 0 radical (unpaired) electrons. The first-order valence-corrected chi connectivity index (χ1v) is 11.8. The van der Waals surface area contributed by atoms with Crippen molar-refractivity contribution in [2.45, 2.75) is 12.1 Å². The highest BCUT2D eigenvalue weighted by Crippen LogP contribution is 2.33. The van der Waals surface area contributed by atoms with Crippen molar-refractivity contribution in [3.05, 3.63) is 84.6 Å². The average Bonchev–Trinajstić information content (AvgIpc) is 3.47. The van der Waals surface area contributed by atoms with Gasteiger partial charge in [0.05, 0.1) is 18.6 Å². The van der Waals surface area contributed by atoms with Gasteiger partial charge in [-0.1, -0.05) is 54.2 Å². The third-order valence-electron chi connectivity index (χ3n) is 5.51. The number of rotatable bonds is 7. The SMILES string of the molecule is COc1cccc(NC(=O)CSc2nnc(-c3c[nH]c4ccccc34)n2-c2ccccc2C)c1. The molecule has 170 valence electrons. The Kier molecular flexibility index (Phi) is 6.05. The van der Waals surface area contributed by atoms with E-state index in [0.717, 1.165) is 33.5 Å². The molecule has 0 atom stereocenters. The second-order valence-corrected chi connectivity index (χ2v) is 8.69. The van der Waals surface area contributed by atoms with Gasteiger partial charge in [-0.05, 0) is 36.8 Å². The summed E-state index contributed by atoms with van der Waals surface area (Å²) in [5.74, 6) is 1.47. The molecule has 2 aromatic heterocycles. The van der Waals surface area contributed by atoms with E-state index in [-0.39, 0.29) is 11.7 Å². The van der Waals surface area contributed by atoms with Gasteiger partial charge in [0.25, 0.3) is 0 Å². The number of H-pyrrole nitrogens is 1. The van der Waals surface area contributed by atoms with Gasteiger partial charge < -0.3 is 15.0 Å². The van der Waals surface area contributed by atoms with Crippen LogP contribution in [0, 0.1) is 6.92 Å². The first kappa shape index (κ1) is 21.8. The molecule has 0 aliphatic heterocycles. The summed E-state index contributed by atoms with van der Waals surface area (Å²) in [6.45, 7) is 2.05. The minimum Gasteiger partial charge on any atom is -0.497 e. The lowest BCUT2D eigenvalue weighted by atomic mass is 10.1. The molecular weight excluding hydrogens is 446 g/mol. The van der Waals surface area contributed by atoms with E-state index in [2.05, 4.69) is 39.6 Å². The number of hydrogen-bond donors (Lipinski definition) is 2. The second-order valence-electron chi connectivity index (χ2n) is 7.74. The van der Waals surface area contributed by atoms with Crippen LogP contribution in [0.3, 0.4) is 0 Å². The largest absolute Gasteiger partial charge is 0.497 e. The highest BCUT2D eigenvalue weighted by molar-refractivity contribution is 7.99. The minimum absolute atomic E-state index is 0.133. The highest BCUT2D eigenvalue weighted by atomic mass is 32.2. The predicted octanol–water partition coefficient (Wildman–Crippen LogP) is 5.46. The number of carbonyl (C=O) groups excluding carboxylic acids is 1. The summed E-state index contributed by atoms with van der Waals surface area (Å²) in [6, 6.07) is 23.5. The number of aromatic nitrogens is 4. The van der Waals surface area contributed by atoms with Crippen LogP contribution in [0.15, 0.2) is 84.1 Å². The second kappa shape index (κ2) is 9.44. The lowest BCUT2D eigenvalue weighted by Gasteiger charge is -2.12. The van der Waals surface area contributed by atoms with Gasteiger partial charge in [-0.2, -0.15) is 0 Å². The van der Waals surface area contributed by atoms with Crippen molar-refractivity contribution in [2.24, 2.45) is 0 Å². The van der Waals surface area contributed by atoms with Gasteiger partial charge in [0.1, 0.15) is 5.75 Å². The van der Waals surface area contributed by atoms with Crippen molar-refractivity contribution in [3.8, 4) is 22.8 Å². The van der Waals surface area contributed by atoms with Crippen LogP contribution in [-0.4, -0.2) is 38.5 Å². The summed E-state index contributed by atoms with van der Waals surface area (Å²) in [6.07, 6.45) is 1.95. The Labute approximate surface area is 201 Å². The summed E-state index contributed by atoms with van der Waals surface area (Å²) in [5.41, 5.74) is 4.74. The third kappa shape index (κ3) is 4.27. The molecule has 3 aromatic carbocycles. The molecule has 34 heavy (non-hydrogen) atoms. The standard InChI is InChI=1S/C26H23N5O2S/c1-17-8-3-6-13-23(17)31-25(21-15-27-22-12-5-4-11-20(21)22)29-30-26(31)34-16-24(32)28-18-9-7-10-19(14-18)33-2/h3-15,27H,16H2,1-2H3,(H,28,32). The Morgan fingerprint density at radius 1 is 1.06 bits per heavy atom. The monoisotopic (exact) mass is 469 g/mol. The van der Waals surface area contributed by atoms with Gasteiger partial charge in [0, 0.05) is 34.4 Å². The number of aryl methyl sites for hydroxylation is 1. The molecule has 0 saturated heterocycles. The zero-order chi connectivity index (χ0) is 23.5. The van der Waals surface area contributed by atoms with Crippen molar-refractivity contribution >= 4 is 34.3 Å². The molecule has 0 saturated carbocycles. The topological polar surface area (TPSA) is 84.8 Å². The van der Waals surface area contributed by atoms with Gasteiger partial charge in [-0.25, -0.2) is 0 Å². The fourth-order valence-electron chi connectivity index (χ4n) is 3.85. The molecule has 2 N–H and O–H groups in total. The van der Waals surface area contributed by atoms with E-state index in [9.17, 15) is 4.79 Å². The molecule has 0 aliphatic carbocycles. The van der Waals surface area contributed by atoms with E-state index in [0.29, 0.717) is 16.6 Å². The van der Waals surface area contributed by atoms with Crippen molar-refractivity contribution in [1.82, 2.24) is 19.7 Å². The number of aromatic amines is 1. The van der Waals surface area contributed by atoms with Crippen LogP contribution in [0.4, 0.5) is 5.69 Å². The molecule has 8 heteroatoms. The summed E-state index contributed by atoms with van der Waals surface area (Å²) in [4.78, 5) is 16.0. The van der Waals surface area contributed by atoms with E-state index in [1.807, 2.05) is 65.4 Å². The fraction of sp³-hybridized carbons (Fsp3) is 0.115. The lowest BCUT2D eigenvalue weighted by Crippen LogP contribution is -2.14. The molecule has 7 nitrogen and oxygen atoms in total. The number of hydrogen-bond acceptors (Lipinski definition) is 5. The van der Waals surface area contributed by atoms with Gasteiger partial charge in [0.2, 0.25) is 5.91 Å². The molecule has 2 heterocycles. The first-order valence-electron chi connectivity index (χ1n) is 10.8. The molecule has 0 fully saturated rings. The van der Waals surface area contributed by atoms with Crippen LogP contribution >= 0.6 is 11.8 Å². The normalized spacial score (nSPS) is 11.0. The quantitative estimate of drug-likeness (QED) is 0.309. The first-order chi connectivity index (χ1) is 16.6. The smallest absolute Gasteiger partial charge is 0.234 e. The number of ether oxygens (including phenoxy) is 1. The van der Waals surface area contributed by atoms with Crippen LogP contribution in [0.1, 0.15) is 5.56 Å². The lowest BCUT2D eigenvalue weighted by molar-refractivity contribution is -0.113. The number of anilines is 1. The summed E-state index contributed by atoms with van der Waals surface area (Å²) >= 11 is 1.35. The van der Waals surface area contributed by atoms with Crippen molar-refractivity contribution in [1.29, 1.82) is 0 Å². The maximum Gasteiger partial charge on any atom is 0.234 e. The van der Waals surface area contributed by atoms with Crippen molar-refractivity contribution in [2.75, 3.05) is 18.2 Å². The Bertz CT molecular complexity index is 1470. The number of nitrogens with one attached hydrogen (secondary N) is 2. The maximum atomic E-state index is 12.7.